The number of aryl methyl sites for hydroxylation is 2. The van der Waals surface area contributed by atoms with Gasteiger partial charge in [0.25, 0.3) is 5.88 Å². The highest BCUT2D eigenvalue weighted by molar-refractivity contribution is 5.47. The van der Waals surface area contributed by atoms with E-state index in [1.165, 1.54) is 0 Å². The van der Waals surface area contributed by atoms with Gasteiger partial charge < -0.3 is 4.74 Å². The van der Waals surface area contributed by atoms with Crippen LogP contribution in [0, 0.1) is 18.3 Å². The molecule has 20 heavy (non-hydrogen) atoms. The van der Waals surface area contributed by atoms with Crippen molar-refractivity contribution in [3.63, 3.8) is 0 Å². The molecule has 2 aromatic heterocycles. The lowest BCUT2D eigenvalue weighted by atomic mass is 10.0. The number of pyridine rings is 1. The summed E-state index contributed by atoms with van der Waals surface area (Å²) in [5.74, 6) is 0.835. The number of nitriles is 1. The first-order valence-corrected chi connectivity index (χ1v) is 6.59. The summed E-state index contributed by atoms with van der Waals surface area (Å²) >= 11 is 0. The Morgan fingerprint density at radius 1 is 1.25 bits per heavy atom. The van der Waals surface area contributed by atoms with E-state index < -0.39 is 0 Å². The van der Waals surface area contributed by atoms with Gasteiger partial charge in [-0.15, -0.1) is 5.10 Å². The molecule has 0 aliphatic heterocycles. The van der Waals surface area contributed by atoms with Gasteiger partial charge in [-0.05, 0) is 37.5 Å². The van der Waals surface area contributed by atoms with E-state index in [-0.39, 0.29) is 5.88 Å². The molecule has 0 N–H and O–H groups in total. The minimum absolute atomic E-state index is 0.248. The number of hydrogen-bond donors (Lipinski definition) is 0. The molecule has 0 fully saturated rings. The zero-order valence-corrected chi connectivity index (χ0v) is 11.8. The molecule has 102 valence electrons. The van der Waals surface area contributed by atoms with Crippen LogP contribution in [-0.4, -0.2) is 15.2 Å². The third-order valence-corrected chi connectivity index (χ3v) is 3.09. The number of aromatic nitrogens is 3. The van der Waals surface area contributed by atoms with Crippen molar-refractivity contribution in [2.24, 2.45) is 0 Å². The fourth-order valence-corrected chi connectivity index (χ4v) is 2.02. The molecule has 0 saturated heterocycles. The molecule has 0 bridgehead atoms. The van der Waals surface area contributed by atoms with Crippen molar-refractivity contribution in [1.82, 2.24) is 15.2 Å². The third-order valence-electron chi connectivity index (χ3n) is 3.09. The molecule has 2 rings (SSSR count). The number of hydrogen-bond acceptors (Lipinski definition) is 5. The molecule has 0 aromatic carbocycles. The summed E-state index contributed by atoms with van der Waals surface area (Å²) in [6.45, 7) is 5.84. The van der Waals surface area contributed by atoms with Gasteiger partial charge in [0.05, 0.1) is 11.4 Å². The molecule has 0 saturated carbocycles. The van der Waals surface area contributed by atoms with E-state index in [2.05, 4.69) is 21.3 Å². The van der Waals surface area contributed by atoms with E-state index in [4.69, 9.17) is 4.74 Å². The van der Waals surface area contributed by atoms with Gasteiger partial charge in [0.15, 0.2) is 5.75 Å². The van der Waals surface area contributed by atoms with E-state index in [9.17, 15) is 5.26 Å². The minimum Gasteiger partial charge on any atom is -0.435 e. The first-order chi connectivity index (χ1) is 9.71. The molecule has 0 aliphatic carbocycles. The number of ether oxygens (including phenoxy) is 1. The van der Waals surface area contributed by atoms with Crippen LogP contribution >= 0.6 is 0 Å². The lowest BCUT2D eigenvalue weighted by molar-refractivity contribution is 0.445. The van der Waals surface area contributed by atoms with Crippen LogP contribution in [-0.2, 0) is 12.8 Å². The standard InChI is InChI=1S/C15H16N4O/c1-4-11-12(9-16)15(19-18-13(11)5-2)20-14-7-6-8-17-10(14)3/h6-8H,4-5H2,1-3H3. The fraction of sp³-hybridized carbons (Fsp3) is 0.333. The Kier molecular flexibility index (Phi) is 4.26. The molecule has 0 unspecified atom stereocenters. The largest absolute Gasteiger partial charge is 0.435 e. The molecular formula is C15H16N4O. The van der Waals surface area contributed by atoms with Gasteiger partial charge in [0, 0.05) is 6.20 Å². The summed E-state index contributed by atoms with van der Waals surface area (Å²) < 4.78 is 5.71. The van der Waals surface area contributed by atoms with Gasteiger partial charge >= 0.3 is 0 Å². The van der Waals surface area contributed by atoms with Gasteiger partial charge in [-0.2, -0.15) is 10.4 Å². The zero-order chi connectivity index (χ0) is 14.5. The summed E-state index contributed by atoms with van der Waals surface area (Å²) in [4.78, 5) is 4.15. The second-order valence-corrected chi connectivity index (χ2v) is 4.31. The molecule has 0 atom stereocenters. The number of rotatable bonds is 4. The van der Waals surface area contributed by atoms with E-state index in [1.807, 2.05) is 20.8 Å². The zero-order valence-electron chi connectivity index (χ0n) is 11.8. The van der Waals surface area contributed by atoms with Crippen LogP contribution in [0.25, 0.3) is 0 Å². The highest BCUT2D eigenvalue weighted by atomic mass is 16.5. The van der Waals surface area contributed by atoms with Gasteiger partial charge in [0.2, 0.25) is 0 Å². The molecule has 0 spiro atoms. The Hall–Kier alpha value is -2.48. The minimum atomic E-state index is 0.248. The second-order valence-electron chi connectivity index (χ2n) is 4.31. The predicted molar refractivity (Wildman–Crippen MR) is 74.6 cm³/mol. The molecule has 5 nitrogen and oxygen atoms in total. The highest BCUT2D eigenvalue weighted by Gasteiger charge is 2.16. The lowest BCUT2D eigenvalue weighted by Crippen LogP contribution is -2.05. The summed E-state index contributed by atoms with van der Waals surface area (Å²) in [6.07, 6.45) is 3.16. The normalized spacial score (nSPS) is 10.1. The van der Waals surface area contributed by atoms with Gasteiger partial charge in [-0.3, -0.25) is 4.98 Å². The Labute approximate surface area is 118 Å². The quantitative estimate of drug-likeness (QED) is 0.852. The smallest absolute Gasteiger partial charge is 0.257 e. The summed E-state index contributed by atoms with van der Waals surface area (Å²) in [5, 5.41) is 17.6. The maximum absolute atomic E-state index is 9.38. The van der Waals surface area contributed by atoms with Crippen molar-refractivity contribution in [3.05, 3.63) is 40.8 Å². The van der Waals surface area contributed by atoms with Gasteiger partial charge in [0.1, 0.15) is 11.6 Å². The van der Waals surface area contributed by atoms with Crippen molar-refractivity contribution in [1.29, 1.82) is 5.26 Å². The van der Waals surface area contributed by atoms with E-state index >= 15 is 0 Å². The average molecular weight is 268 g/mol. The Morgan fingerprint density at radius 3 is 2.65 bits per heavy atom. The monoisotopic (exact) mass is 268 g/mol. The molecule has 5 heteroatoms. The maximum atomic E-state index is 9.38. The maximum Gasteiger partial charge on any atom is 0.257 e. The average Bonchev–Trinajstić information content (AvgIpc) is 2.48. The molecule has 2 heterocycles. The van der Waals surface area contributed by atoms with Crippen LogP contribution < -0.4 is 4.74 Å². The predicted octanol–water partition coefficient (Wildman–Crippen LogP) is 2.97. The van der Waals surface area contributed by atoms with Crippen LogP contribution in [0.1, 0.15) is 36.4 Å². The summed E-state index contributed by atoms with van der Waals surface area (Å²) in [5.41, 5.74) is 2.96. The highest BCUT2D eigenvalue weighted by Crippen LogP contribution is 2.27. The molecule has 0 radical (unpaired) electrons. The topological polar surface area (TPSA) is 71.7 Å². The van der Waals surface area contributed by atoms with Crippen molar-refractivity contribution in [2.45, 2.75) is 33.6 Å². The van der Waals surface area contributed by atoms with E-state index in [0.29, 0.717) is 11.3 Å². The molecule has 2 aromatic rings. The fourth-order valence-electron chi connectivity index (χ4n) is 2.02. The van der Waals surface area contributed by atoms with E-state index in [1.54, 1.807) is 18.3 Å². The van der Waals surface area contributed by atoms with Crippen molar-refractivity contribution in [2.75, 3.05) is 0 Å². The summed E-state index contributed by atoms with van der Waals surface area (Å²) in [6, 6.07) is 5.76. The molecular weight excluding hydrogens is 252 g/mol. The first-order valence-electron chi connectivity index (χ1n) is 6.59. The Bertz CT molecular complexity index is 661. The molecule has 0 aliphatic rings. The summed E-state index contributed by atoms with van der Waals surface area (Å²) in [7, 11) is 0. The van der Waals surface area contributed by atoms with E-state index in [0.717, 1.165) is 29.8 Å². The number of nitrogens with zero attached hydrogens (tertiary/aromatic N) is 4. The van der Waals surface area contributed by atoms with Crippen LogP contribution in [0.4, 0.5) is 0 Å². The van der Waals surface area contributed by atoms with Crippen molar-refractivity contribution < 1.29 is 4.74 Å². The van der Waals surface area contributed by atoms with Crippen LogP contribution in [0.5, 0.6) is 11.6 Å². The van der Waals surface area contributed by atoms with Crippen LogP contribution in [0.2, 0.25) is 0 Å². The molecule has 0 amide bonds. The first kappa shape index (κ1) is 13.9. The Balaban J connectivity index is 2.48. The van der Waals surface area contributed by atoms with Crippen molar-refractivity contribution >= 4 is 0 Å². The third kappa shape index (κ3) is 2.59. The van der Waals surface area contributed by atoms with Gasteiger partial charge in [-0.1, -0.05) is 13.8 Å². The van der Waals surface area contributed by atoms with Crippen LogP contribution in [0.3, 0.4) is 0 Å². The SMILES string of the molecule is CCc1nnc(Oc2cccnc2C)c(C#N)c1CC. The van der Waals surface area contributed by atoms with Crippen molar-refractivity contribution in [3.8, 4) is 17.7 Å². The second kappa shape index (κ2) is 6.11. The van der Waals surface area contributed by atoms with Crippen LogP contribution in [0.15, 0.2) is 18.3 Å². The Morgan fingerprint density at radius 2 is 2.05 bits per heavy atom. The van der Waals surface area contributed by atoms with Gasteiger partial charge in [-0.25, -0.2) is 0 Å². The lowest BCUT2D eigenvalue weighted by Gasteiger charge is -2.11.